The third-order valence-corrected chi connectivity index (χ3v) is 0.475. The first-order chi connectivity index (χ1) is 3.27. The molecule has 0 aliphatic carbocycles. The van der Waals surface area contributed by atoms with Crippen LogP contribution in [0.4, 0.5) is 0 Å². The van der Waals surface area contributed by atoms with E-state index < -0.39 is 0 Å². The molecule has 8 heavy (non-hydrogen) atoms. The Morgan fingerprint density at radius 2 is 2.00 bits per heavy atom. The fourth-order valence-electron chi connectivity index (χ4n) is 0.182. The molecule has 0 aromatic heterocycles. The molecule has 0 radical (unpaired) electrons. The van der Waals surface area contributed by atoms with E-state index in [-0.39, 0.29) is 29.6 Å². The Kier molecular flexibility index (Phi) is 9.97. The maximum absolute atomic E-state index is 7.84. The minimum atomic E-state index is 0. The van der Waals surface area contributed by atoms with Crippen molar-refractivity contribution in [1.29, 1.82) is 0 Å². The summed E-state index contributed by atoms with van der Waals surface area (Å²) in [5, 5.41) is 10.6. The second kappa shape index (κ2) is 7.21. The van der Waals surface area contributed by atoms with Gasteiger partial charge in [0.1, 0.15) is 0 Å². The molecule has 0 rings (SSSR count). The molecule has 0 bridgehead atoms. The first-order valence-electron chi connectivity index (χ1n) is 2.08. The van der Waals surface area contributed by atoms with Gasteiger partial charge in [-0.15, -0.1) is 0 Å². The van der Waals surface area contributed by atoms with Gasteiger partial charge in [-0.1, -0.05) is 10.7 Å². The summed E-state index contributed by atoms with van der Waals surface area (Å²) in [6.45, 7) is 3.86. The second-order valence-corrected chi connectivity index (χ2v) is 1.51. The number of rotatable bonds is 1. The maximum atomic E-state index is 7.84. The standard InChI is InChI=1S/C5H9NO.Na.H/c1-5(2)3-4-6-7;;/h3-4,7H,1-2H3;;. The van der Waals surface area contributed by atoms with Crippen LogP contribution >= 0.6 is 0 Å². The number of oxime groups is 1. The van der Waals surface area contributed by atoms with E-state index in [4.69, 9.17) is 5.21 Å². The Morgan fingerprint density at radius 3 is 2.12 bits per heavy atom. The molecule has 0 amide bonds. The molecule has 0 fully saturated rings. The van der Waals surface area contributed by atoms with E-state index in [0.717, 1.165) is 5.57 Å². The zero-order valence-corrected chi connectivity index (χ0v) is 4.55. The summed E-state index contributed by atoms with van der Waals surface area (Å²) in [5.41, 5.74) is 1.12. The van der Waals surface area contributed by atoms with E-state index in [1.807, 2.05) is 13.8 Å². The van der Waals surface area contributed by atoms with Gasteiger partial charge in [-0.05, 0) is 19.9 Å². The third-order valence-electron chi connectivity index (χ3n) is 0.475. The van der Waals surface area contributed by atoms with Gasteiger partial charge in [-0.25, -0.2) is 0 Å². The van der Waals surface area contributed by atoms with E-state index in [0.29, 0.717) is 0 Å². The minimum absolute atomic E-state index is 0. The zero-order chi connectivity index (χ0) is 5.70. The van der Waals surface area contributed by atoms with Crippen LogP contribution in [0.1, 0.15) is 13.8 Å². The topological polar surface area (TPSA) is 32.6 Å². The molecule has 0 spiro atoms. The Balaban J connectivity index is 0. The van der Waals surface area contributed by atoms with E-state index >= 15 is 0 Å². The normalized spacial score (nSPS) is 8.25. The van der Waals surface area contributed by atoms with Crippen molar-refractivity contribution in [2.75, 3.05) is 0 Å². The quantitative estimate of drug-likeness (QED) is 0.237. The van der Waals surface area contributed by atoms with Gasteiger partial charge in [0.05, 0.1) is 6.21 Å². The van der Waals surface area contributed by atoms with Crippen LogP contribution in [-0.4, -0.2) is 41.0 Å². The number of hydrogen-bond acceptors (Lipinski definition) is 2. The zero-order valence-electron chi connectivity index (χ0n) is 4.55. The Labute approximate surface area is 71.6 Å². The van der Waals surface area contributed by atoms with Crippen LogP contribution in [0.25, 0.3) is 0 Å². The Bertz CT molecular complexity index is 94.6. The SMILES string of the molecule is CC(C)=CC=NO.[NaH]. The average molecular weight is 123 g/mol. The van der Waals surface area contributed by atoms with Gasteiger partial charge in [0.2, 0.25) is 0 Å². The van der Waals surface area contributed by atoms with Crippen LogP contribution in [0.3, 0.4) is 0 Å². The van der Waals surface area contributed by atoms with Crippen LogP contribution in [0.5, 0.6) is 0 Å². The molecule has 2 nitrogen and oxygen atoms in total. The van der Waals surface area contributed by atoms with Crippen LogP contribution in [-0.2, 0) is 0 Å². The summed E-state index contributed by atoms with van der Waals surface area (Å²) in [7, 11) is 0. The predicted octanol–water partition coefficient (Wildman–Crippen LogP) is 0.764. The van der Waals surface area contributed by atoms with Crippen molar-refractivity contribution >= 4 is 35.8 Å². The average Bonchev–Trinajstić information content (AvgIpc) is 1.61. The predicted molar refractivity (Wildman–Crippen MR) is 36.9 cm³/mol. The first-order valence-corrected chi connectivity index (χ1v) is 2.08. The molecule has 42 valence electrons. The molecule has 0 heterocycles. The molecule has 0 unspecified atom stereocenters. The van der Waals surface area contributed by atoms with Gasteiger partial charge in [0, 0.05) is 0 Å². The summed E-state index contributed by atoms with van der Waals surface area (Å²) in [6, 6.07) is 0. The number of allylic oxidation sites excluding steroid dienone is 2. The molecule has 0 aliphatic heterocycles. The molecule has 0 aliphatic rings. The summed E-state index contributed by atoms with van der Waals surface area (Å²) in [6.07, 6.45) is 3.06. The van der Waals surface area contributed by atoms with Gasteiger partial charge < -0.3 is 5.21 Å². The van der Waals surface area contributed by atoms with Crippen LogP contribution < -0.4 is 0 Å². The van der Waals surface area contributed by atoms with Crippen molar-refractivity contribution in [3.63, 3.8) is 0 Å². The van der Waals surface area contributed by atoms with Crippen molar-refractivity contribution in [3.8, 4) is 0 Å². The molecule has 1 N–H and O–H groups in total. The third kappa shape index (κ3) is 9.51. The molecule has 0 atom stereocenters. The molecule has 0 saturated carbocycles. The first kappa shape index (κ1) is 11.1. The summed E-state index contributed by atoms with van der Waals surface area (Å²) in [4.78, 5) is 0. The summed E-state index contributed by atoms with van der Waals surface area (Å²) >= 11 is 0. The van der Waals surface area contributed by atoms with Crippen LogP contribution in [0.2, 0.25) is 0 Å². The number of hydrogen-bond donors (Lipinski definition) is 1. The van der Waals surface area contributed by atoms with Gasteiger partial charge in [-0.3, -0.25) is 0 Å². The second-order valence-electron chi connectivity index (χ2n) is 1.51. The van der Waals surface area contributed by atoms with Crippen molar-refractivity contribution in [2.45, 2.75) is 13.8 Å². The van der Waals surface area contributed by atoms with Crippen LogP contribution in [0.15, 0.2) is 16.8 Å². The fraction of sp³-hybridized carbons (Fsp3) is 0.400. The Morgan fingerprint density at radius 1 is 1.50 bits per heavy atom. The van der Waals surface area contributed by atoms with Crippen molar-refractivity contribution in [1.82, 2.24) is 0 Å². The molecular formula is C5H10NNaO. The van der Waals surface area contributed by atoms with Crippen molar-refractivity contribution < 1.29 is 5.21 Å². The van der Waals surface area contributed by atoms with Gasteiger partial charge in [0.25, 0.3) is 0 Å². The van der Waals surface area contributed by atoms with E-state index in [1.54, 1.807) is 6.08 Å². The van der Waals surface area contributed by atoms with E-state index in [9.17, 15) is 0 Å². The summed E-state index contributed by atoms with van der Waals surface area (Å²) in [5.74, 6) is 0. The molecular weight excluding hydrogens is 113 g/mol. The monoisotopic (exact) mass is 123 g/mol. The van der Waals surface area contributed by atoms with Crippen molar-refractivity contribution in [3.05, 3.63) is 11.6 Å². The number of nitrogens with zero attached hydrogens (tertiary/aromatic N) is 1. The fourth-order valence-corrected chi connectivity index (χ4v) is 0.182. The summed E-state index contributed by atoms with van der Waals surface area (Å²) < 4.78 is 0. The van der Waals surface area contributed by atoms with Crippen LogP contribution in [0, 0.1) is 0 Å². The van der Waals surface area contributed by atoms with Gasteiger partial charge in [-0.2, -0.15) is 0 Å². The van der Waals surface area contributed by atoms with Crippen molar-refractivity contribution in [2.24, 2.45) is 5.16 Å². The molecule has 3 heteroatoms. The molecule has 0 saturated heterocycles. The van der Waals surface area contributed by atoms with E-state index in [1.165, 1.54) is 6.21 Å². The van der Waals surface area contributed by atoms with E-state index in [2.05, 4.69) is 5.16 Å². The molecule has 0 aromatic rings. The molecule has 0 aromatic carbocycles. The Hall–Kier alpha value is 0.210. The van der Waals surface area contributed by atoms with Gasteiger partial charge in [0.15, 0.2) is 0 Å². The van der Waals surface area contributed by atoms with Gasteiger partial charge >= 0.3 is 29.6 Å².